The second-order valence-corrected chi connectivity index (χ2v) is 1.85. The maximum Gasteiger partial charge on any atom is 0.0704 e. The maximum absolute atomic E-state index is 9.78. The second kappa shape index (κ2) is 24.8. The molecule has 5 heteroatoms. The van der Waals surface area contributed by atoms with Crippen LogP contribution in [0.5, 0.6) is 0 Å². The van der Waals surface area contributed by atoms with E-state index in [1.54, 1.807) is 19.2 Å². The number of hydrogen-bond acceptors (Lipinski definition) is 3. The van der Waals surface area contributed by atoms with E-state index < -0.39 is 0 Å². The van der Waals surface area contributed by atoms with E-state index in [-0.39, 0.29) is 34.1 Å². The second-order valence-electron chi connectivity index (χ2n) is 1.85. The number of aryl methyl sites for hydroxylation is 1. The minimum Gasteiger partial charge on any atom is -0.474 e. The van der Waals surface area contributed by atoms with Crippen LogP contribution in [-0.2, 0) is 37.5 Å². The Balaban J connectivity index is -0.0000000623. The summed E-state index contributed by atoms with van der Waals surface area (Å²) in [6.45, 7) is 14.9. The molecule has 1 amide bonds. The molecule has 0 aromatic carbocycles. The van der Waals surface area contributed by atoms with Crippen molar-refractivity contribution in [3.63, 3.8) is 0 Å². The summed E-state index contributed by atoms with van der Waals surface area (Å²) in [4.78, 5) is 9.78. The number of hydrogen-bond donors (Lipinski definition) is 1. The molecule has 0 atom stereocenters. The molecule has 0 bridgehead atoms. The summed E-state index contributed by atoms with van der Waals surface area (Å²) in [6, 6.07) is 1.71. The van der Waals surface area contributed by atoms with Crippen LogP contribution in [0.4, 0.5) is 5.82 Å². The van der Waals surface area contributed by atoms with Crippen molar-refractivity contribution in [1.29, 1.82) is 0 Å². The van der Waals surface area contributed by atoms with E-state index in [1.165, 1.54) is 6.41 Å². The molecule has 1 aromatic rings. The van der Waals surface area contributed by atoms with E-state index >= 15 is 0 Å². The minimum atomic E-state index is 0. The van der Waals surface area contributed by atoms with Gasteiger partial charge in [0.1, 0.15) is 0 Å². The van der Waals surface area contributed by atoms with E-state index in [4.69, 9.17) is 0 Å². The van der Waals surface area contributed by atoms with E-state index in [0.717, 1.165) is 5.56 Å². The molecule has 0 spiro atoms. The number of anilines is 1. The Hall–Kier alpha value is -0.346. The fourth-order valence-electron chi connectivity index (χ4n) is 0.577. The van der Waals surface area contributed by atoms with Gasteiger partial charge in [0.2, 0.25) is 0 Å². The molecule has 0 saturated heterocycles. The van der Waals surface area contributed by atoms with Gasteiger partial charge in [0.15, 0.2) is 0 Å². The molecule has 1 N–H and O–H groups in total. The van der Waals surface area contributed by atoms with Crippen molar-refractivity contribution >= 4 is 12.2 Å². The molecule has 0 saturated carbocycles. The number of amides is 1. The van der Waals surface area contributed by atoms with Gasteiger partial charge in [0, 0.05) is 46.2 Å². The molecular weight excluding hydrogens is 291 g/mol. The van der Waals surface area contributed by atoms with Crippen LogP contribution < -0.4 is 5.32 Å². The molecular formula is C12H25N3OY-2. The molecule has 0 fully saturated rings. The van der Waals surface area contributed by atoms with Crippen LogP contribution >= 0.6 is 0 Å². The number of rotatable bonds is 2. The first-order chi connectivity index (χ1) is 7.83. The molecule has 0 aliphatic carbocycles. The van der Waals surface area contributed by atoms with Gasteiger partial charge in [-0.05, 0) is 12.5 Å². The Kier molecular flexibility index (Phi) is 37.1. The molecule has 0 aliphatic rings. The SMILES string of the molecule is CC.CC.Cc1cnnc(N[C-]=O)c1.[CH2-]C.[HH].[Y]. The minimum absolute atomic E-state index is 0. The van der Waals surface area contributed by atoms with Crippen LogP contribution in [0.1, 0.15) is 41.6 Å². The summed E-state index contributed by atoms with van der Waals surface area (Å²) >= 11 is 0. The van der Waals surface area contributed by atoms with E-state index in [1.807, 2.05) is 34.6 Å². The first kappa shape index (κ1) is 25.5. The summed E-state index contributed by atoms with van der Waals surface area (Å²) in [5, 5.41) is 9.49. The molecule has 17 heavy (non-hydrogen) atoms. The molecule has 99 valence electrons. The maximum atomic E-state index is 9.78. The summed E-state index contributed by atoms with van der Waals surface area (Å²) < 4.78 is 0. The third-order valence-corrected chi connectivity index (χ3v) is 0.970. The number of nitrogens with one attached hydrogen (secondary N) is 1. The van der Waals surface area contributed by atoms with Gasteiger partial charge in [-0.25, -0.2) is 5.10 Å². The van der Waals surface area contributed by atoms with Gasteiger partial charge in [-0.3, -0.25) is 0 Å². The Bertz CT molecular complexity index is 251. The summed E-state index contributed by atoms with van der Waals surface area (Å²) in [5.74, 6) is 0.426. The Morgan fingerprint density at radius 1 is 1.29 bits per heavy atom. The van der Waals surface area contributed by atoms with Gasteiger partial charge in [-0.2, -0.15) is 12.0 Å². The van der Waals surface area contributed by atoms with E-state index in [0.29, 0.717) is 5.82 Å². The van der Waals surface area contributed by atoms with Crippen molar-refractivity contribution in [3.8, 4) is 0 Å². The average molecular weight is 316 g/mol. The van der Waals surface area contributed by atoms with Gasteiger partial charge in [0.25, 0.3) is 0 Å². The fourth-order valence-corrected chi connectivity index (χ4v) is 0.577. The predicted octanol–water partition coefficient (Wildman–Crippen LogP) is 3.40. The van der Waals surface area contributed by atoms with E-state index in [2.05, 4.69) is 22.4 Å². The van der Waals surface area contributed by atoms with Crippen molar-refractivity contribution in [2.24, 2.45) is 0 Å². The van der Waals surface area contributed by atoms with Crippen LogP contribution in [0.3, 0.4) is 0 Å². The average Bonchev–Trinajstić information content (AvgIpc) is 2.37. The van der Waals surface area contributed by atoms with Gasteiger partial charge in [-0.15, -0.1) is 0 Å². The topological polar surface area (TPSA) is 54.9 Å². The molecule has 0 aliphatic heterocycles. The van der Waals surface area contributed by atoms with Crippen molar-refractivity contribution in [3.05, 3.63) is 24.8 Å². The smallest absolute Gasteiger partial charge is 0.0704 e. The molecule has 4 nitrogen and oxygen atoms in total. The zero-order valence-corrected chi connectivity index (χ0v) is 14.6. The van der Waals surface area contributed by atoms with Crippen LogP contribution in [0.25, 0.3) is 0 Å². The van der Waals surface area contributed by atoms with E-state index in [9.17, 15) is 4.79 Å². The molecule has 1 rings (SSSR count). The quantitative estimate of drug-likeness (QED) is 0.672. The molecule has 1 radical (unpaired) electrons. The van der Waals surface area contributed by atoms with Crippen molar-refractivity contribution in [1.82, 2.24) is 10.2 Å². The van der Waals surface area contributed by atoms with Crippen LogP contribution in [-0.4, -0.2) is 16.6 Å². The Morgan fingerprint density at radius 2 is 1.76 bits per heavy atom. The first-order valence-electron chi connectivity index (χ1n) is 5.46. The van der Waals surface area contributed by atoms with Gasteiger partial charge < -0.3 is 17.0 Å². The molecule has 1 aromatic heterocycles. The van der Waals surface area contributed by atoms with Crippen LogP contribution in [0, 0.1) is 13.8 Å². The summed E-state index contributed by atoms with van der Waals surface area (Å²) in [5.41, 5.74) is 0.952. The standard InChI is InChI=1S/C6H6N3O.2C2H6.C2H5.Y.H2/c1-5-2-6(7-4-10)9-8-3-5;3*1-2;;/h2-3H,1H3,(H,7,9,10);2*1-2H3;1H2,2H3;;1H/q-1;;;-1;;. The third kappa shape index (κ3) is 18.2. The zero-order valence-electron chi connectivity index (χ0n) is 11.7. The number of carbonyl (C=O) groups excluding carboxylic acids is 1. The third-order valence-electron chi connectivity index (χ3n) is 0.970. The van der Waals surface area contributed by atoms with Gasteiger partial charge >= 0.3 is 0 Å². The number of aromatic nitrogens is 2. The van der Waals surface area contributed by atoms with Gasteiger partial charge in [-0.1, -0.05) is 33.8 Å². The molecule has 0 unspecified atom stereocenters. The Morgan fingerprint density at radius 3 is 2.12 bits per heavy atom. The number of nitrogens with zero attached hydrogens (tertiary/aromatic N) is 2. The summed E-state index contributed by atoms with van der Waals surface area (Å²) in [7, 11) is 0. The monoisotopic (exact) mass is 316 g/mol. The normalized spacial score (nSPS) is 6.29. The van der Waals surface area contributed by atoms with Crippen LogP contribution in [0.15, 0.2) is 12.3 Å². The molecule has 1 heterocycles. The fraction of sp³-hybridized carbons (Fsp3) is 0.500. The summed E-state index contributed by atoms with van der Waals surface area (Å²) in [6.07, 6.45) is 3.12. The van der Waals surface area contributed by atoms with Crippen molar-refractivity contribution < 1.29 is 38.9 Å². The Labute approximate surface area is 132 Å². The van der Waals surface area contributed by atoms with Crippen molar-refractivity contribution in [2.45, 2.75) is 41.5 Å². The largest absolute Gasteiger partial charge is 0.474 e. The van der Waals surface area contributed by atoms with Gasteiger partial charge in [0.05, 0.1) is 6.41 Å². The zero-order chi connectivity index (χ0) is 13.4. The predicted molar refractivity (Wildman–Crippen MR) is 71.9 cm³/mol. The van der Waals surface area contributed by atoms with Crippen LogP contribution in [0.2, 0.25) is 0 Å². The first-order valence-corrected chi connectivity index (χ1v) is 5.46. The van der Waals surface area contributed by atoms with Crippen molar-refractivity contribution in [2.75, 3.05) is 5.32 Å².